The number of nitrogens with zero attached hydrogens (tertiary/aromatic N) is 4. The molecule has 0 bridgehead atoms. The SMILES string of the molecule is CC([NH2+]CC(O)c1nc2c(c(=O)n(C)c(=O)n2C)n1C)C(O)c1ccccc1.[Cl-]. The molecule has 0 aliphatic heterocycles. The number of halogens is 1. The van der Waals surface area contributed by atoms with Crippen molar-refractivity contribution in [1.29, 1.82) is 0 Å². The monoisotopic (exact) mass is 423 g/mol. The number of benzene rings is 1. The largest absolute Gasteiger partial charge is 1.00 e. The fourth-order valence-corrected chi connectivity index (χ4v) is 3.36. The molecule has 0 saturated carbocycles. The number of aliphatic hydroxyl groups excluding tert-OH is 2. The van der Waals surface area contributed by atoms with Gasteiger partial charge in [-0.25, -0.2) is 9.78 Å². The zero-order chi connectivity index (χ0) is 20.6. The van der Waals surface area contributed by atoms with Crippen molar-refractivity contribution in [3.8, 4) is 0 Å². The summed E-state index contributed by atoms with van der Waals surface area (Å²) < 4.78 is 3.83. The molecule has 3 aromatic rings. The third-order valence-corrected chi connectivity index (χ3v) is 5.18. The molecule has 0 saturated heterocycles. The van der Waals surface area contributed by atoms with E-state index in [1.165, 1.54) is 23.2 Å². The van der Waals surface area contributed by atoms with Gasteiger partial charge in [-0.15, -0.1) is 0 Å². The third kappa shape index (κ3) is 4.13. The molecule has 3 unspecified atom stereocenters. The fraction of sp³-hybridized carbons (Fsp3) is 0.421. The predicted octanol–water partition coefficient (Wildman–Crippen LogP) is -4.31. The number of hydrogen-bond acceptors (Lipinski definition) is 5. The van der Waals surface area contributed by atoms with Gasteiger partial charge >= 0.3 is 5.69 Å². The van der Waals surface area contributed by atoms with E-state index in [-0.39, 0.29) is 36.2 Å². The van der Waals surface area contributed by atoms with Gasteiger partial charge < -0.3 is 32.5 Å². The smallest absolute Gasteiger partial charge is 0.332 e. The maximum Gasteiger partial charge on any atom is 0.332 e. The van der Waals surface area contributed by atoms with Crippen LogP contribution in [0.25, 0.3) is 11.2 Å². The third-order valence-electron chi connectivity index (χ3n) is 5.18. The normalized spacial score (nSPS) is 14.4. The Morgan fingerprint density at radius 2 is 1.66 bits per heavy atom. The molecule has 9 nitrogen and oxygen atoms in total. The Bertz CT molecular complexity index is 1110. The molecule has 2 heterocycles. The molecule has 158 valence electrons. The van der Waals surface area contributed by atoms with Crippen LogP contribution in [0.4, 0.5) is 0 Å². The molecule has 4 N–H and O–H groups in total. The van der Waals surface area contributed by atoms with E-state index in [1.807, 2.05) is 42.6 Å². The fourth-order valence-electron chi connectivity index (χ4n) is 3.36. The summed E-state index contributed by atoms with van der Waals surface area (Å²) in [6, 6.07) is 9.14. The maximum absolute atomic E-state index is 12.4. The van der Waals surface area contributed by atoms with Crippen LogP contribution < -0.4 is 29.0 Å². The quantitative estimate of drug-likeness (QED) is 0.370. The highest BCUT2D eigenvalue weighted by molar-refractivity contribution is 5.71. The van der Waals surface area contributed by atoms with E-state index in [2.05, 4.69) is 4.98 Å². The molecule has 29 heavy (non-hydrogen) atoms. The van der Waals surface area contributed by atoms with Crippen molar-refractivity contribution in [2.24, 2.45) is 21.1 Å². The Hall–Kier alpha value is -2.46. The lowest BCUT2D eigenvalue weighted by atomic mass is 10.0. The molecule has 3 rings (SSSR count). The Labute approximate surface area is 173 Å². The van der Waals surface area contributed by atoms with Gasteiger partial charge in [0.2, 0.25) is 0 Å². The van der Waals surface area contributed by atoms with E-state index in [0.717, 1.165) is 10.1 Å². The zero-order valence-electron chi connectivity index (χ0n) is 16.8. The number of rotatable bonds is 6. The first kappa shape index (κ1) is 22.8. The summed E-state index contributed by atoms with van der Waals surface area (Å²) in [5.41, 5.74) is 0.381. The van der Waals surface area contributed by atoms with Gasteiger partial charge in [0.25, 0.3) is 5.56 Å². The van der Waals surface area contributed by atoms with Crippen LogP contribution in [0.1, 0.15) is 30.5 Å². The first-order chi connectivity index (χ1) is 13.2. The van der Waals surface area contributed by atoms with Crippen LogP contribution in [-0.2, 0) is 21.1 Å². The highest BCUT2D eigenvalue weighted by Crippen LogP contribution is 2.16. The molecule has 10 heteroatoms. The molecule has 0 fully saturated rings. The molecule has 0 aliphatic rings. The minimum Gasteiger partial charge on any atom is -1.00 e. The van der Waals surface area contributed by atoms with Gasteiger partial charge in [0.1, 0.15) is 24.5 Å². The van der Waals surface area contributed by atoms with Crippen LogP contribution in [0, 0.1) is 0 Å². The predicted molar refractivity (Wildman–Crippen MR) is 104 cm³/mol. The minimum absolute atomic E-state index is 0. The van der Waals surface area contributed by atoms with Gasteiger partial charge in [0, 0.05) is 21.1 Å². The number of aromatic nitrogens is 4. The lowest BCUT2D eigenvalue weighted by molar-refractivity contribution is -0.700. The van der Waals surface area contributed by atoms with Crippen molar-refractivity contribution in [3.63, 3.8) is 0 Å². The molecule has 0 radical (unpaired) electrons. The first-order valence-electron chi connectivity index (χ1n) is 9.10. The van der Waals surface area contributed by atoms with Gasteiger partial charge in [-0.3, -0.25) is 13.9 Å². The molecule has 1 aromatic carbocycles. The Morgan fingerprint density at radius 1 is 1.03 bits per heavy atom. The molecule has 2 aromatic heterocycles. The van der Waals surface area contributed by atoms with E-state index in [1.54, 1.807) is 7.05 Å². The topological polar surface area (TPSA) is 119 Å². The second-order valence-corrected chi connectivity index (χ2v) is 7.11. The second kappa shape index (κ2) is 8.91. The second-order valence-electron chi connectivity index (χ2n) is 7.11. The van der Waals surface area contributed by atoms with Crippen molar-refractivity contribution < 1.29 is 27.9 Å². The highest BCUT2D eigenvalue weighted by atomic mass is 35.5. The average molecular weight is 424 g/mol. The molecule has 0 spiro atoms. The maximum atomic E-state index is 12.4. The number of aliphatic hydroxyl groups is 2. The van der Waals surface area contributed by atoms with Crippen molar-refractivity contribution in [2.75, 3.05) is 6.54 Å². The Kier molecular flexibility index (Phi) is 7.02. The van der Waals surface area contributed by atoms with Gasteiger partial charge in [-0.05, 0) is 12.5 Å². The highest BCUT2D eigenvalue weighted by Gasteiger charge is 2.25. The van der Waals surface area contributed by atoms with Crippen molar-refractivity contribution in [2.45, 2.75) is 25.2 Å². The molecule has 3 atom stereocenters. The number of hydrogen-bond donors (Lipinski definition) is 3. The summed E-state index contributed by atoms with van der Waals surface area (Å²) in [5, 5.41) is 22.9. The van der Waals surface area contributed by atoms with Crippen LogP contribution in [0.2, 0.25) is 0 Å². The summed E-state index contributed by atoms with van der Waals surface area (Å²) in [7, 11) is 4.59. The van der Waals surface area contributed by atoms with E-state index in [4.69, 9.17) is 0 Å². The first-order valence-corrected chi connectivity index (χ1v) is 9.10. The lowest BCUT2D eigenvalue weighted by Gasteiger charge is -2.19. The van der Waals surface area contributed by atoms with Gasteiger partial charge in [0.15, 0.2) is 17.3 Å². The van der Waals surface area contributed by atoms with Gasteiger partial charge in [0.05, 0.1) is 0 Å². The molecular formula is C19H26ClN5O4. The summed E-state index contributed by atoms with van der Waals surface area (Å²) >= 11 is 0. The number of imidazole rings is 1. The Balaban J connectivity index is 0.00000300. The number of quaternary nitrogens is 1. The van der Waals surface area contributed by atoms with Crippen molar-refractivity contribution in [3.05, 3.63) is 62.6 Å². The molecule has 0 aliphatic carbocycles. The summed E-state index contributed by atoms with van der Waals surface area (Å²) in [6.07, 6.45) is -1.65. The number of fused-ring (bicyclic) bond motifs is 1. The zero-order valence-corrected chi connectivity index (χ0v) is 17.5. The average Bonchev–Trinajstić information content (AvgIpc) is 3.06. The number of aryl methyl sites for hydroxylation is 2. The van der Waals surface area contributed by atoms with E-state index < -0.39 is 23.5 Å². The van der Waals surface area contributed by atoms with Crippen LogP contribution in [0.5, 0.6) is 0 Å². The van der Waals surface area contributed by atoms with Crippen molar-refractivity contribution in [1.82, 2.24) is 18.7 Å². The van der Waals surface area contributed by atoms with Crippen LogP contribution in [0.15, 0.2) is 39.9 Å². The Morgan fingerprint density at radius 3 is 2.28 bits per heavy atom. The van der Waals surface area contributed by atoms with Gasteiger partial charge in [-0.2, -0.15) is 0 Å². The molecular weight excluding hydrogens is 398 g/mol. The van der Waals surface area contributed by atoms with E-state index in [9.17, 15) is 19.8 Å². The van der Waals surface area contributed by atoms with Crippen molar-refractivity contribution >= 4 is 11.2 Å². The standard InChI is InChI=1S/C19H25N5O4.ClH/c1-11(15(26)12-8-6-5-7-9-12)20-10-13(25)16-21-17-14(22(16)2)18(27)24(4)19(28)23(17)3;/h5-9,11,13,15,20,25-26H,10H2,1-4H3;1H. The molecule has 0 amide bonds. The summed E-state index contributed by atoms with van der Waals surface area (Å²) in [5.74, 6) is 0.297. The van der Waals surface area contributed by atoms with Crippen LogP contribution >= 0.6 is 0 Å². The van der Waals surface area contributed by atoms with Crippen LogP contribution in [-0.4, -0.2) is 41.5 Å². The summed E-state index contributed by atoms with van der Waals surface area (Å²) in [6.45, 7) is 2.12. The number of nitrogens with two attached hydrogens (primary N) is 1. The van der Waals surface area contributed by atoms with E-state index >= 15 is 0 Å². The minimum atomic E-state index is -0.970. The summed E-state index contributed by atoms with van der Waals surface area (Å²) in [4.78, 5) is 28.9. The van der Waals surface area contributed by atoms with E-state index in [0.29, 0.717) is 5.82 Å². The van der Waals surface area contributed by atoms with Gasteiger partial charge in [-0.1, -0.05) is 30.3 Å². The van der Waals surface area contributed by atoms with Crippen LogP contribution in [0.3, 0.4) is 0 Å². The lowest BCUT2D eigenvalue weighted by Crippen LogP contribution is -3.00.